The van der Waals surface area contributed by atoms with Gasteiger partial charge in [-0.3, -0.25) is 14.4 Å². The van der Waals surface area contributed by atoms with Crippen LogP contribution in [0.3, 0.4) is 0 Å². The number of carbonyl (C=O) groups excluding carboxylic acids is 2. The SMILES string of the molecule is CC(=O)O.Cc1cc(C2CCCNC2)oc(=O)c1C(=O)NC1(C(N)=O)CCCC1. The van der Waals surface area contributed by atoms with E-state index < -0.39 is 28.9 Å². The van der Waals surface area contributed by atoms with Crippen molar-refractivity contribution in [3.63, 3.8) is 0 Å². The van der Waals surface area contributed by atoms with Crippen LogP contribution in [0.25, 0.3) is 0 Å². The molecular weight excluding hydrogens is 378 g/mol. The average Bonchev–Trinajstić information content (AvgIpc) is 3.11. The van der Waals surface area contributed by atoms with Gasteiger partial charge in [-0.15, -0.1) is 0 Å². The lowest BCUT2D eigenvalue weighted by Crippen LogP contribution is -2.56. The molecule has 1 aliphatic heterocycles. The molecule has 1 atom stereocenters. The van der Waals surface area contributed by atoms with E-state index >= 15 is 0 Å². The molecule has 0 radical (unpaired) electrons. The van der Waals surface area contributed by atoms with Gasteiger partial charge in [0.15, 0.2) is 0 Å². The summed E-state index contributed by atoms with van der Waals surface area (Å²) in [6.07, 6.45) is 4.63. The van der Waals surface area contributed by atoms with Gasteiger partial charge in [-0.05, 0) is 50.8 Å². The quantitative estimate of drug-likeness (QED) is 0.582. The number of carbonyl (C=O) groups is 3. The molecule has 1 aromatic rings. The zero-order valence-electron chi connectivity index (χ0n) is 16.9. The second kappa shape index (κ2) is 9.69. The number of aryl methyl sites for hydroxylation is 1. The van der Waals surface area contributed by atoms with Gasteiger partial charge in [0.2, 0.25) is 5.91 Å². The first-order valence-electron chi connectivity index (χ1n) is 9.83. The predicted molar refractivity (Wildman–Crippen MR) is 106 cm³/mol. The van der Waals surface area contributed by atoms with Crippen LogP contribution >= 0.6 is 0 Å². The van der Waals surface area contributed by atoms with Gasteiger partial charge in [0, 0.05) is 19.4 Å². The molecule has 2 amide bonds. The Bertz CT molecular complexity index is 816. The Hall–Kier alpha value is -2.68. The molecule has 0 spiro atoms. The Kier molecular flexibility index (Phi) is 7.55. The minimum Gasteiger partial charge on any atom is -0.481 e. The number of nitrogens with two attached hydrogens (primary N) is 1. The number of primary amides is 1. The van der Waals surface area contributed by atoms with Crippen molar-refractivity contribution in [1.82, 2.24) is 10.6 Å². The van der Waals surface area contributed by atoms with Crippen LogP contribution in [-0.4, -0.2) is 41.5 Å². The minimum atomic E-state index is -1.05. The van der Waals surface area contributed by atoms with Crippen LogP contribution in [0.4, 0.5) is 0 Å². The topological polar surface area (TPSA) is 152 Å². The summed E-state index contributed by atoms with van der Waals surface area (Å²) in [6.45, 7) is 4.53. The molecular formula is C20H29N3O6. The minimum absolute atomic E-state index is 0.0416. The molecule has 3 rings (SSSR count). The van der Waals surface area contributed by atoms with Crippen molar-refractivity contribution < 1.29 is 23.9 Å². The largest absolute Gasteiger partial charge is 0.481 e. The maximum atomic E-state index is 12.6. The van der Waals surface area contributed by atoms with Gasteiger partial charge in [-0.2, -0.15) is 0 Å². The van der Waals surface area contributed by atoms with Crippen molar-refractivity contribution in [2.45, 2.75) is 63.8 Å². The van der Waals surface area contributed by atoms with Gasteiger partial charge in [-0.25, -0.2) is 4.79 Å². The van der Waals surface area contributed by atoms with Gasteiger partial charge < -0.3 is 25.9 Å². The van der Waals surface area contributed by atoms with E-state index in [-0.39, 0.29) is 11.5 Å². The number of rotatable bonds is 4. The molecule has 29 heavy (non-hydrogen) atoms. The Labute approximate surface area is 169 Å². The Morgan fingerprint density at radius 3 is 2.38 bits per heavy atom. The fourth-order valence-corrected chi connectivity index (χ4v) is 3.89. The maximum absolute atomic E-state index is 12.6. The van der Waals surface area contributed by atoms with E-state index in [1.807, 2.05) is 0 Å². The fraction of sp³-hybridized carbons (Fsp3) is 0.600. The van der Waals surface area contributed by atoms with Crippen molar-refractivity contribution in [3.8, 4) is 0 Å². The lowest BCUT2D eigenvalue weighted by Gasteiger charge is -2.27. The van der Waals surface area contributed by atoms with E-state index in [1.54, 1.807) is 13.0 Å². The molecule has 1 aromatic heterocycles. The standard InChI is InChI=1S/C18H25N3O4.C2H4O2/c1-11-9-13(12-5-4-8-20-10-12)25-16(23)14(11)15(22)21-18(17(19)24)6-2-3-7-18;1-2(3)4/h9,12,20H,2-8,10H2,1H3,(H2,19,24)(H,21,22);1H3,(H,3,4). The third-order valence-electron chi connectivity index (χ3n) is 5.38. The van der Waals surface area contributed by atoms with E-state index in [2.05, 4.69) is 10.6 Å². The molecule has 1 saturated carbocycles. The monoisotopic (exact) mass is 407 g/mol. The number of hydrogen-bond donors (Lipinski definition) is 4. The number of aliphatic carboxylic acids is 1. The molecule has 1 unspecified atom stereocenters. The van der Waals surface area contributed by atoms with Crippen LogP contribution in [0.5, 0.6) is 0 Å². The zero-order chi connectivity index (χ0) is 21.6. The lowest BCUT2D eigenvalue weighted by molar-refractivity contribution is -0.134. The number of nitrogens with one attached hydrogen (secondary N) is 2. The predicted octanol–water partition coefficient (Wildman–Crippen LogP) is 1.03. The highest BCUT2D eigenvalue weighted by atomic mass is 16.4. The van der Waals surface area contributed by atoms with Crippen molar-refractivity contribution in [1.29, 1.82) is 0 Å². The van der Waals surface area contributed by atoms with Gasteiger partial charge in [-0.1, -0.05) is 12.8 Å². The highest BCUT2D eigenvalue weighted by Crippen LogP contribution is 2.30. The van der Waals surface area contributed by atoms with E-state index in [4.69, 9.17) is 20.1 Å². The summed E-state index contributed by atoms with van der Waals surface area (Å²) >= 11 is 0. The lowest BCUT2D eigenvalue weighted by atomic mass is 9.94. The second-order valence-electron chi connectivity index (χ2n) is 7.66. The number of piperidine rings is 1. The molecule has 9 heteroatoms. The van der Waals surface area contributed by atoms with Gasteiger partial charge in [0.05, 0.1) is 0 Å². The third-order valence-corrected chi connectivity index (χ3v) is 5.38. The van der Waals surface area contributed by atoms with Crippen LogP contribution in [0, 0.1) is 6.92 Å². The summed E-state index contributed by atoms with van der Waals surface area (Å²) in [6, 6.07) is 1.76. The molecule has 2 heterocycles. The van der Waals surface area contributed by atoms with Crippen LogP contribution < -0.4 is 22.0 Å². The molecule has 0 bridgehead atoms. The van der Waals surface area contributed by atoms with Crippen LogP contribution in [-0.2, 0) is 9.59 Å². The number of carboxylic acid groups (broad SMARTS) is 1. The number of amides is 2. The first-order valence-corrected chi connectivity index (χ1v) is 9.83. The Balaban J connectivity index is 0.000000687. The van der Waals surface area contributed by atoms with Crippen molar-refractivity contribution in [2.75, 3.05) is 13.1 Å². The number of carboxylic acids is 1. The summed E-state index contributed by atoms with van der Waals surface area (Å²) in [7, 11) is 0. The summed E-state index contributed by atoms with van der Waals surface area (Å²) in [4.78, 5) is 45.9. The normalized spacial score (nSPS) is 20.3. The fourth-order valence-electron chi connectivity index (χ4n) is 3.89. The van der Waals surface area contributed by atoms with Crippen LogP contribution in [0.2, 0.25) is 0 Å². The molecule has 5 N–H and O–H groups in total. The first kappa shape index (κ1) is 22.6. The average molecular weight is 407 g/mol. The Morgan fingerprint density at radius 1 is 1.28 bits per heavy atom. The van der Waals surface area contributed by atoms with Crippen molar-refractivity contribution in [2.24, 2.45) is 5.73 Å². The van der Waals surface area contributed by atoms with Crippen molar-refractivity contribution >= 4 is 17.8 Å². The summed E-state index contributed by atoms with van der Waals surface area (Å²) < 4.78 is 5.44. The molecule has 1 saturated heterocycles. The summed E-state index contributed by atoms with van der Waals surface area (Å²) in [5.41, 5.74) is 4.30. The Morgan fingerprint density at radius 2 is 1.90 bits per heavy atom. The molecule has 0 aromatic carbocycles. The molecule has 9 nitrogen and oxygen atoms in total. The van der Waals surface area contributed by atoms with Gasteiger partial charge >= 0.3 is 5.63 Å². The third kappa shape index (κ3) is 5.66. The summed E-state index contributed by atoms with van der Waals surface area (Å²) in [5, 5.41) is 13.4. The van der Waals surface area contributed by atoms with E-state index in [1.165, 1.54) is 0 Å². The van der Waals surface area contributed by atoms with Gasteiger partial charge in [0.25, 0.3) is 11.9 Å². The van der Waals surface area contributed by atoms with E-state index in [0.29, 0.717) is 24.2 Å². The zero-order valence-corrected chi connectivity index (χ0v) is 16.9. The highest BCUT2D eigenvalue weighted by molar-refractivity contribution is 5.99. The molecule has 2 aliphatic rings. The molecule has 160 valence electrons. The smallest absolute Gasteiger partial charge is 0.349 e. The van der Waals surface area contributed by atoms with Crippen molar-refractivity contribution in [3.05, 3.63) is 33.4 Å². The number of hydrogen-bond acceptors (Lipinski definition) is 6. The van der Waals surface area contributed by atoms with E-state index in [9.17, 15) is 14.4 Å². The van der Waals surface area contributed by atoms with Gasteiger partial charge in [0.1, 0.15) is 16.9 Å². The molecule has 1 aliphatic carbocycles. The van der Waals surface area contributed by atoms with E-state index in [0.717, 1.165) is 45.7 Å². The first-order chi connectivity index (χ1) is 13.7. The summed E-state index contributed by atoms with van der Waals surface area (Å²) in [5.74, 6) is -1.22. The van der Waals surface area contributed by atoms with Crippen LogP contribution in [0.15, 0.2) is 15.3 Å². The molecule has 2 fully saturated rings. The van der Waals surface area contributed by atoms with Crippen LogP contribution in [0.1, 0.15) is 73.0 Å². The second-order valence-corrected chi connectivity index (χ2v) is 7.66. The highest BCUT2D eigenvalue weighted by Gasteiger charge is 2.41. The maximum Gasteiger partial charge on any atom is 0.349 e.